The summed E-state index contributed by atoms with van der Waals surface area (Å²) in [4.78, 5) is 17.6. The number of hydrogen-bond donors (Lipinski definition) is 2. The van der Waals surface area contributed by atoms with E-state index in [1.54, 1.807) is 0 Å². The molecule has 0 aromatic carbocycles. The van der Waals surface area contributed by atoms with Gasteiger partial charge in [0.2, 0.25) is 0 Å². The van der Waals surface area contributed by atoms with Crippen molar-refractivity contribution in [2.24, 2.45) is 5.92 Å². The first-order valence-corrected chi connectivity index (χ1v) is 6.36. The van der Waals surface area contributed by atoms with Gasteiger partial charge in [-0.1, -0.05) is 0 Å². The molecule has 0 unspecified atom stereocenters. The second-order valence-corrected chi connectivity index (χ2v) is 4.96. The van der Waals surface area contributed by atoms with Crippen LogP contribution in [-0.4, -0.2) is 28.0 Å². The highest BCUT2D eigenvalue weighted by Gasteiger charge is 2.13. The third kappa shape index (κ3) is 3.27. The molecule has 1 aliphatic heterocycles. The van der Waals surface area contributed by atoms with E-state index >= 15 is 0 Å². The summed E-state index contributed by atoms with van der Waals surface area (Å²) < 4.78 is 0. The van der Waals surface area contributed by atoms with Crippen LogP contribution in [-0.2, 0) is 0 Å². The van der Waals surface area contributed by atoms with Crippen molar-refractivity contribution in [3.63, 3.8) is 0 Å². The second kappa shape index (κ2) is 5.21. The molecule has 1 fully saturated rings. The Balaban J connectivity index is 1.84. The van der Waals surface area contributed by atoms with Gasteiger partial charge in [0, 0.05) is 12.6 Å². The molecule has 1 aliphatic rings. The van der Waals surface area contributed by atoms with Crippen molar-refractivity contribution in [3.8, 4) is 0 Å². The number of hydrogen-bond acceptors (Lipinski definition) is 4. The maximum Gasteiger partial charge on any atom is 0.252 e. The fourth-order valence-electron chi connectivity index (χ4n) is 1.66. The average molecular weight is 225 g/mol. The summed E-state index contributed by atoms with van der Waals surface area (Å²) in [6, 6.07) is 1.50. The minimum absolute atomic E-state index is 0.105. The summed E-state index contributed by atoms with van der Waals surface area (Å²) in [6.07, 6.45) is 3.96. The number of H-pyrrole nitrogens is 1. The fraction of sp³-hybridized carbons (Fsp3) is 0.600. The van der Waals surface area contributed by atoms with E-state index in [0.717, 1.165) is 12.5 Å². The van der Waals surface area contributed by atoms with Crippen LogP contribution in [0.15, 0.2) is 17.2 Å². The average Bonchev–Trinajstić information content (AvgIpc) is 2.28. The van der Waals surface area contributed by atoms with E-state index in [1.165, 1.54) is 36.7 Å². The first-order valence-electron chi connectivity index (χ1n) is 5.21. The highest BCUT2D eigenvalue weighted by Crippen LogP contribution is 2.22. The monoisotopic (exact) mass is 225 g/mol. The highest BCUT2D eigenvalue weighted by atomic mass is 32.2. The van der Waals surface area contributed by atoms with Gasteiger partial charge in [-0.3, -0.25) is 4.79 Å². The lowest BCUT2D eigenvalue weighted by molar-refractivity contribution is 0.515. The summed E-state index contributed by atoms with van der Waals surface area (Å²) in [5.41, 5.74) is -0.105. The number of nitrogens with zero attached hydrogens (tertiary/aromatic N) is 1. The molecule has 15 heavy (non-hydrogen) atoms. The maximum absolute atomic E-state index is 11.0. The zero-order valence-corrected chi connectivity index (χ0v) is 9.35. The first-order chi connectivity index (χ1) is 7.34. The largest absolute Gasteiger partial charge is 0.370 e. The van der Waals surface area contributed by atoms with Crippen molar-refractivity contribution < 1.29 is 0 Å². The number of rotatable bonds is 3. The van der Waals surface area contributed by atoms with Gasteiger partial charge in [0.25, 0.3) is 5.56 Å². The third-order valence-corrected chi connectivity index (χ3v) is 3.64. The Bertz CT molecular complexity index is 360. The summed E-state index contributed by atoms with van der Waals surface area (Å²) in [5, 5.41) is 3.21. The molecule has 0 bridgehead atoms. The van der Waals surface area contributed by atoms with Gasteiger partial charge in [-0.05, 0) is 30.3 Å². The Morgan fingerprint density at radius 3 is 3.07 bits per heavy atom. The molecular formula is C10H15N3OS. The number of nitrogens with one attached hydrogen (secondary N) is 2. The van der Waals surface area contributed by atoms with Crippen molar-refractivity contribution in [1.29, 1.82) is 0 Å². The van der Waals surface area contributed by atoms with Gasteiger partial charge >= 0.3 is 0 Å². The lowest BCUT2D eigenvalue weighted by Crippen LogP contribution is -2.20. The fourth-order valence-corrected chi connectivity index (χ4v) is 2.87. The van der Waals surface area contributed by atoms with Gasteiger partial charge in [0.1, 0.15) is 5.82 Å². The number of aromatic amines is 1. The molecule has 0 spiro atoms. The van der Waals surface area contributed by atoms with E-state index in [9.17, 15) is 4.79 Å². The van der Waals surface area contributed by atoms with E-state index in [4.69, 9.17) is 0 Å². The minimum atomic E-state index is -0.105. The van der Waals surface area contributed by atoms with Gasteiger partial charge in [-0.15, -0.1) is 0 Å². The Kier molecular flexibility index (Phi) is 3.66. The standard InChI is InChI=1S/C10H15N3OS/c14-10-5-9(12-7-13-10)11-6-8-1-3-15-4-2-8/h5,7-8H,1-4,6H2,(H2,11,12,13,14). The van der Waals surface area contributed by atoms with Crippen LogP contribution in [0.4, 0.5) is 5.82 Å². The SMILES string of the molecule is O=c1cc(NCC2CCSCC2)nc[nH]1. The van der Waals surface area contributed by atoms with Gasteiger partial charge in [0.15, 0.2) is 0 Å². The molecule has 1 aromatic rings. The second-order valence-electron chi connectivity index (χ2n) is 3.73. The van der Waals surface area contributed by atoms with Crippen LogP contribution in [0.1, 0.15) is 12.8 Å². The predicted octanol–water partition coefficient (Wildman–Crippen LogP) is 1.32. The third-order valence-electron chi connectivity index (χ3n) is 2.59. The van der Waals surface area contributed by atoms with Crippen LogP contribution in [0.25, 0.3) is 0 Å². The van der Waals surface area contributed by atoms with Crippen molar-refractivity contribution in [2.45, 2.75) is 12.8 Å². The van der Waals surface area contributed by atoms with E-state index in [-0.39, 0.29) is 5.56 Å². The van der Waals surface area contributed by atoms with E-state index in [1.807, 2.05) is 11.8 Å². The van der Waals surface area contributed by atoms with Crippen LogP contribution in [0, 0.1) is 5.92 Å². The van der Waals surface area contributed by atoms with Crippen LogP contribution in [0.3, 0.4) is 0 Å². The number of thioether (sulfide) groups is 1. The molecule has 0 aliphatic carbocycles. The van der Waals surface area contributed by atoms with E-state index in [2.05, 4.69) is 15.3 Å². The summed E-state index contributed by atoms with van der Waals surface area (Å²) in [7, 11) is 0. The van der Waals surface area contributed by atoms with Gasteiger partial charge < -0.3 is 10.3 Å². The molecule has 2 rings (SSSR count). The Morgan fingerprint density at radius 1 is 1.53 bits per heavy atom. The molecule has 0 atom stereocenters. The Morgan fingerprint density at radius 2 is 2.33 bits per heavy atom. The van der Waals surface area contributed by atoms with E-state index in [0.29, 0.717) is 5.82 Å². The van der Waals surface area contributed by atoms with Crippen molar-refractivity contribution in [3.05, 3.63) is 22.7 Å². The van der Waals surface area contributed by atoms with Crippen molar-refractivity contribution in [1.82, 2.24) is 9.97 Å². The zero-order chi connectivity index (χ0) is 10.5. The molecule has 0 amide bonds. The molecule has 2 heterocycles. The molecule has 4 nitrogen and oxygen atoms in total. The van der Waals surface area contributed by atoms with Gasteiger partial charge in [-0.25, -0.2) is 4.98 Å². The Labute approximate surface area is 92.9 Å². The lowest BCUT2D eigenvalue weighted by Gasteiger charge is -2.21. The molecule has 1 aromatic heterocycles. The lowest BCUT2D eigenvalue weighted by atomic mass is 10.0. The van der Waals surface area contributed by atoms with Crippen LogP contribution >= 0.6 is 11.8 Å². The Hall–Kier alpha value is -0.970. The predicted molar refractivity (Wildman–Crippen MR) is 63.4 cm³/mol. The molecule has 1 saturated heterocycles. The molecule has 5 heteroatoms. The van der Waals surface area contributed by atoms with E-state index < -0.39 is 0 Å². The molecule has 2 N–H and O–H groups in total. The summed E-state index contributed by atoms with van der Waals surface area (Å²) in [6.45, 7) is 0.928. The normalized spacial score (nSPS) is 17.6. The number of anilines is 1. The van der Waals surface area contributed by atoms with Crippen LogP contribution < -0.4 is 10.9 Å². The quantitative estimate of drug-likeness (QED) is 0.814. The molecule has 0 saturated carbocycles. The number of aromatic nitrogens is 2. The smallest absolute Gasteiger partial charge is 0.252 e. The van der Waals surface area contributed by atoms with Crippen LogP contribution in [0.2, 0.25) is 0 Å². The molecule has 0 radical (unpaired) electrons. The maximum atomic E-state index is 11.0. The van der Waals surface area contributed by atoms with Gasteiger partial charge in [0.05, 0.1) is 6.33 Å². The minimum Gasteiger partial charge on any atom is -0.370 e. The van der Waals surface area contributed by atoms with Crippen LogP contribution in [0.5, 0.6) is 0 Å². The molecular weight excluding hydrogens is 210 g/mol. The van der Waals surface area contributed by atoms with Crippen molar-refractivity contribution in [2.75, 3.05) is 23.4 Å². The van der Waals surface area contributed by atoms with Crippen molar-refractivity contribution >= 4 is 17.6 Å². The summed E-state index contributed by atoms with van der Waals surface area (Å²) in [5.74, 6) is 3.92. The zero-order valence-electron chi connectivity index (χ0n) is 8.53. The summed E-state index contributed by atoms with van der Waals surface area (Å²) >= 11 is 2.02. The van der Waals surface area contributed by atoms with Gasteiger partial charge in [-0.2, -0.15) is 11.8 Å². The topological polar surface area (TPSA) is 57.8 Å². The molecule has 82 valence electrons. The highest BCUT2D eigenvalue weighted by molar-refractivity contribution is 7.99. The first kappa shape index (κ1) is 10.5.